The van der Waals surface area contributed by atoms with E-state index in [4.69, 9.17) is 10.3 Å². The van der Waals surface area contributed by atoms with Gasteiger partial charge < -0.3 is 20.7 Å². The van der Waals surface area contributed by atoms with Gasteiger partial charge >= 0.3 is 6.18 Å². The highest BCUT2D eigenvalue weighted by Gasteiger charge is 2.52. The monoisotopic (exact) mass is 495 g/mol. The number of aromatic nitrogens is 5. The van der Waals surface area contributed by atoms with Crippen molar-refractivity contribution in [2.75, 3.05) is 18.4 Å². The van der Waals surface area contributed by atoms with E-state index in [9.17, 15) is 27.1 Å². The van der Waals surface area contributed by atoms with Gasteiger partial charge in [0.25, 0.3) is 0 Å². The van der Waals surface area contributed by atoms with Crippen LogP contribution in [0.15, 0.2) is 53.4 Å². The molecule has 4 rings (SSSR count). The number of nitrogens with one attached hydrogen (secondary N) is 1. The number of nitrogens with two attached hydrogens (primary N) is 1. The lowest BCUT2D eigenvalue weighted by molar-refractivity contribution is -0.249. The van der Waals surface area contributed by atoms with E-state index in [1.807, 2.05) is 0 Å². The summed E-state index contributed by atoms with van der Waals surface area (Å²) in [5, 5.41) is 20.1. The molecule has 0 aliphatic carbocycles. The number of rotatable bonds is 8. The molecular formula is C21H18F5N7O2. The highest BCUT2D eigenvalue weighted by atomic mass is 19.4. The molecule has 3 heterocycles. The fourth-order valence-corrected chi connectivity index (χ4v) is 3.12. The molecule has 0 radical (unpaired) electrons. The van der Waals surface area contributed by atoms with Crippen LogP contribution in [0.4, 0.5) is 27.8 Å². The minimum absolute atomic E-state index is 0.00369. The lowest BCUT2D eigenvalue weighted by atomic mass is 10.0. The third-order valence-corrected chi connectivity index (χ3v) is 5.15. The van der Waals surface area contributed by atoms with Gasteiger partial charge in [0, 0.05) is 18.2 Å². The molecule has 1 aromatic carbocycles. The van der Waals surface area contributed by atoms with Crippen molar-refractivity contribution in [3.8, 4) is 22.9 Å². The maximum atomic E-state index is 14.2. The van der Waals surface area contributed by atoms with Gasteiger partial charge in [-0.2, -0.15) is 18.3 Å². The van der Waals surface area contributed by atoms with E-state index in [0.717, 1.165) is 6.20 Å². The van der Waals surface area contributed by atoms with Crippen LogP contribution in [0.2, 0.25) is 0 Å². The summed E-state index contributed by atoms with van der Waals surface area (Å²) >= 11 is 0. The van der Waals surface area contributed by atoms with Crippen molar-refractivity contribution < 1.29 is 31.6 Å². The fraction of sp³-hybridized carbons (Fsp3) is 0.238. The molecule has 184 valence electrons. The van der Waals surface area contributed by atoms with Crippen LogP contribution >= 0.6 is 0 Å². The van der Waals surface area contributed by atoms with E-state index in [0.29, 0.717) is 17.0 Å². The van der Waals surface area contributed by atoms with E-state index in [1.165, 1.54) is 29.1 Å². The van der Waals surface area contributed by atoms with Crippen LogP contribution in [0.1, 0.15) is 5.56 Å². The summed E-state index contributed by atoms with van der Waals surface area (Å²) in [5.74, 6) is -2.26. The molecule has 0 saturated carbocycles. The molecule has 0 saturated heterocycles. The normalized spacial score (nSPS) is 13.6. The average molecular weight is 495 g/mol. The largest absolute Gasteiger partial charge is 0.420 e. The van der Waals surface area contributed by atoms with E-state index >= 15 is 0 Å². The number of alkyl halides is 3. The highest BCUT2D eigenvalue weighted by molar-refractivity contribution is 5.63. The summed E-state index contributed by atoms with van der Waals surface area (Å²) in [4.78, 5) is 7.77. The average Bonchev–Trinajstić information content (AvgIpc) is 3.49. The van der Waals surface area contributed by atoms with Gasteiger partial charge in [-0.1, -0.05) is 23.4 Å². The number of benzene rings is 1. The van der Waals surface area contributed by atoms with Crippen molar-refractivity contribution in [1.29, 1.82) is 0 Å². The Bertz CT molecular complexity index is 1310. The number of aliphatic hydroxyl groups is 1. The Morgan fingerprint density at radius 1 is 1.09 bits per heavy atom. The van der Waals surface area contributed by atoms with Crippen LogP contribution < -0.4 is 11.1 Å². The first-order valence-electron chi connectivity index (χ1n) is 10.1. The number of hydrogen-bond acceptors (Lipinski definition) is 8. The SMILES string of the molecule is NC[C@](O)(CNc1nc(-c2cc(-c3ccon3)n(Cc3ccccc3F)n2)ncc1F)C(F)(F)F. The zero-order valence-electron chi connectivity index (χ0n) is 17.8. The van der Waals surface area contributed by atoms with E-state index in [-0.39, 0.29) is 18.1 Å². The summed E-state index contributed by atoms with van der Waals surface area (Å²) in [6, 6.07) is 9.09. The van der Waals surface area contributed by atoms with Gasteiger partial charge in [0.2, 0.25) is 0 Å². The lowest BCUT2D eigenvalue weighted by Crippen LogP contribution is -2.55. The Morgan fingerprint density at radius 3 is 2.51 bits per heavy atom. The molecule has 9 nitrogen and oxygen atoms in total. The molecule has 4 N–H and O–H groups in total. The predicted molar refractivity (Wildman–Crippen MR) is 113 cm³/mol. The van der Waals surface area contributed by atoms with Gasteiger partial charge in [0.15, 0.2) is 23.1 Å². The summed E-state index contributed by atoms with van der Waals surface area (Å²) in [5.41, 5.74) is 2.95. The Labute approximate surface area is 194 Å². The first-order valence-corrected chi connectivity index (χ1v) is 10.1. The van der Waals surface area contributed by atoms with Crippen molar-refractivity contribution in [3.63, 3.8) is 0 Å². The molecule has 4 aromatic rings. The molecule has 0 amide bonds. The Kier molecular flexibility index (Phi) is 6.49. The zero-order valence-corrected chi connectivity index (χ0v) is 17.8. The molecule has 1 atom stereocenters. The minimum atomic E-state index is -5.06. The molecule has 0 bridgehead atoms. The molecular weight excluding hydrogens is 477 g/mol. The van der Waals surface area contributed by atoms with Gasteiger partial charge in [0.1, 0.15) is 23.5 Å². The maximum absolute atomic E-state index is 14.2. The third kappa shape index (κ3) is 4.97. The third-order valence-electron chi connectivity index (χ3n) is 5.15. The van der Waals surface area contributed by atoms with E-state index in [1.54, 1.807) is 18.2 Å². The van der Waals surface area contributed by atoms with Crippen LogP contribution in [0.3, 0.4) is 0 Å². The van der Waals surface area contributed by atoms with E-state index in [2.05, 4.69) is 25.5 Å². The zero-order chi connectivity index (χ0) is 25.2. The Morgan fingerprint density at radius 2 is 1.86 bits per heavy atom. The van der Waals surface area contributed by atoms with Gasteiger partial charge in [-0.3, -0.25) is 4.68 Å². The van der Waals surface area contributed by atoms with Crippen LogP contribution in [0.5, 0.6) is 0 Å². The quantitative estimate of drug-likeness (QED) is 0.319. The molecule has 0 spiro atoms. The van der Waals surface area contributed by atoms with Crippen molar-refractivity contribution >= 4 is 5.82 Å². The predicted octanol–water partition coefficient (Wildman–Crippen LogP) is 2.99. The number of halogens is 5. The second kappa shape index (κ2) is 9.38. The molecule has 0 aliphatic rings. The van der Waals surface area contributed by atoms with Gasteiger partial charge in [0.05, 0.1) is 25.0 Å². The van der Waals surface area contributed by atoms with Crippen LogP contribution in [-0.2, 0) is 6.54 Å². The second-order valence-electron chi connectivity index (χ2n) is 7.53. The van der Waals surface area contributed by atoms with Crippen molar-refractivity contribution in [2.45, 2.75) is 18.3 Å². The van der Waals surface area contributed by atoms with Crippen LogP contribution in [0.25, 0.3) is 22.9 Å². The first-order chi connectivity index (χ1) is 16.6. The fourth-order valence-electron chi connectivity index (χ4n) is 3.12. The van der Waals surface area contributed by atoms with Gasteiger partial charge in [-0.25, -0.2) is 18.7 Å². The lowest BCUT2D eigenvalue weighted by Gasteiger charge is -2.29. The second-order valence-corrected chi connectivity index (χ2v) is 7.53. The van der Waals surface area contributed by atoms with Crippen molar-refractivity contribution in [1.82, 2.24) is 24.9 Å². The molecule has 0 aliphatic heterocycles. The molecule has 3 aromatic heterocycles. The number of hydrogen-bond donors (Lipinski definition) is 3. The summed E-state index contributed by atoms with van der Waals surface area (Å²) < 4.78 is 74.0. The summed E-state index contributed by atoms with van der Waals surface area (Å²) in [6.45, 7) is -2.30. The molecule has 35 heavy (non-hydrogen) atoms. The standard InChI is InChI=1S/C21H18F5N7O2/c22-13-4-2-1-3-12(13)9-33-17(15-5-6-35-32-15)7-16(31-33)19-28-8-14(23)18(30-19)29-11-20(34,10-27)21(24,25)26/h1-8,34H,9-11,27H2,(H,28,29,30)/t20-/m0/s1. The smallest absolute Gasteiger partial charge is 0.378 e. The van der Waals surface area contributed by atoms with Crippen LogP contribution in [-0.4, -0.2) is 54.9 Å². The van der Waals surface area contributed by atoms with Crippen molar-refractivity contribution in [3.05, 3.63) is 66.1 Å². The summed E-state index contributed by atoms with van der Waals surface area (Å²) in [6.07, 6.45) is -2.99. The maximum Gasteiger partial charge on any atom is 0.420 e. The molecule has 14 heteroatoms. The van der Waals surface area contributed by atoms with Crippen LogP contribution in [0, 0.1) is 11.6 Å². The van der Waals surface area contributed by atoms with Gasteiger partial charge in [-0.05, 0) is 12.1 Å². The van der Waals surface area contributed by atoms with Gasteiger partial charge in [-0.15, -0.1) is 0 Å². The van der Waals surface area contributed by atoms with Crippen molar-refractivity contribution in [2.24, 2.45) is 5.73 Å². The Balaban J connectivity index is 1.68. The first kappa shape index (κ1) is 24.2. The Hall–Kier alpha value is -3.91. The number of anilines is 1. The van der Waals surface area contributed by atoms with E-state index < -0.39 is 42.3 Å². The number of nitrogens with zero attached hydrogens (tertiary/aromatic N) is 5. The highest BCUT2D eigenvalue weighted by Crippen LogP contribution is 2.30. The topological polar surface area (TPSA) is 128 Å². The minimum Gasteiger partial charge on any atom is -0.378 e. The molecule has 0 unspecified atom stereocenters. The molecule has 0 fully saturated rings. The summed E-state index contributed by atoms with van der Waals surface area (Å²) in [7, 11) is 0.